The number of aromatic nitrogens is 2. The Labute approximate surface area is 140 Å². The van der Waals surface area contributed by atoms with Gasteiger partial charge < -0.3 is 13.9 Å². The van der Waals surface area contributed by atoms with E-state index in [1.54, 1.807) is 12.1 Å². The second-order valence-electron chi connectivity index (χ2n) is 5.11. The first-order chi connectivity index (χ1) is 11.2. The molecule has 1 atom stereocenters. The molecule has 0 radical (unpaired) electrons. The van der Waals surface area contributed by atoms with Crippen LogP contribution in [0.2, 0.25) is 5.02 Å². The van der Waals surface area contributed by atoms with Crippen molar-refractivity contribution in [1.29, 1.82) is 0 Å². The summed E-state index contributed by atoms with van der Waals surface area (Å²) in [7, 11) is -1.31. The highest BCUT2D eigenvalue weighted by Crippen LogP contribution is 2.37. The van der Waals surface area contributed by atoms with E-state index in [2.05, 4.69) is 4.98 Å². The number of rotatable bonds is 3. The van der Waals surface area contributed by atoms with Crippen molar-refractivity contribution in [3.63, 3.8) is 0 Å². The average molecular weight is 349 g/mol. The van der Waals surface area contributed by atoms with Crippen LogP contribution in [-0.2, 0) is 16.6 Å². The van der Waals surface area contributed by atoms with Crippen LogP contribution in [0.1, 0.15) is 5.69 Å². The summed E-state index contributed by atoms with van der Waals surface area (Å²) >= 11 is 6.25. The number of hydrogen-bond donors (Lipinski definition) is 0. The van der Waals surface area contributed by atoms with E-state index in [4.69, 9.17) is 21.1 Å². The maximum Gasteiger partial charge on any atom is 0.162 e. The van der Waals surface area contributed by atoms with Crippen LogP contribution < -0.4 is 9.47 Å². The normalized spacial score (nSPS) is 14.8. The summed E-state index contributed by atoms with van der Waals surface area (Å²) in [4.78, 5) is 5.00. The molecule has 1 aliphatic rings. The van der Waals surface area contributed by atoms with Gasteiger partial charge in [0, 0.05) is 24.5 Å². The molecule has 2 aromatic heterocycles. The molecule has 4 rings (SSSR count). The highest BCUT2D eigenvalue weighted by Gasteiger charge is 2.19. The van der Waals surface area contributed by atoms with Gasteiger partial charge in [-0.15, -0.1) is 0 Å². The zero-order chi connectivity index (χ0) is 15.8. The quantitative estimate of drug-likeness (QED) is 0.730. The smallest absolute Gasteiger partial charge is 0.162 e. The lowest BCUT2D eigenvalue weighted by Gasteiger charge is -2.19. The van der Waals surface area contributed by atoms with E-state index in [-0.39, 0.29) is 0 Å². The summed E-state index contributed by atoms with van der Waals surface area (Å²) < 4.78 is 25.6. The van der Waals surface area contributed by atoms with E-state index in [1.165, 1.54) is 0 Å². The van der Waals surface area contributed by atoms with Gasteiger partial charge in [0.05, 0.1) is 32.2 Å². The van der Waals surface area contributed by atoms with Crippen LogP contribution in [0.5, 0.6) is 11.5 Å². The van der Waals surface area contributed by atoms with Crippen LogP contribution in [0, 0.1) is 0 Å². The lowest BCUT2D eigenvalue weighted by atomic mass is 10.3. The van der Waals surface area contributed by atoms with E-state index in [0.717, 1.165) is 11.3 Å². The molecule has 0 fully saturated rings. The molecule has 7 heteroatoms. The van der Waals surface area contributed by atoms with Crippen molar-refractivity contribution in [3.05, 3.63) is 53.4 Å². The molecule has 0 unspecified atom stereocenters. The minimum absolute atomic E-state index is 0.293. The van der Waals surface area contributed by atoms with Gasteiger partial charge in [0.15, 0.2) is 11.5 Å². The molecular weight excluding hydrogens is 336 g/mol. The van der Waals surface area contributed by atoms with Gasteiger partial charge in [0.2, 0.25) is 0 Å². The lowest BCUT2D eigenvalue weighted by Crippen LogP contribution is -2.15. The third-order valence-electron chi connectivity index (χ3n) is 3.53. The van der Waals surface area contributed by atoms with Crippen molar-refractivity contribution in [2.75, 3.05) is 13.2 Å². The number of fused-ring (bicyclic) bond motifs is 2. The number of halogens is 1. The van der Waals surface area contributed by atoms with Crippen molar-refractivity contribution >= 4 is 28.0 Å². The van der Waals surface area contributed by atoms with Crippen LogP contribution in [-0.4, -0.2) is 26.8 Å². The number of nitrogens with zero attached hydrogens (tertiary/aromatic N) is 2. The monoisotopic (exact) mass is 348 g/mol. The molecule has 0 bridgehead atoms. The fourth-order valence-electron chi connectivity index (χ4n) is 2.49. The van der Waals surface area contributed by atoms with Crippen molar-refractivity contribution < 1.29 is 13.7 Å². The second-order valence-corrected chi connectivity index (χ2v) is 6.94. The molecule has 0 spiro atoms. The summed E-state index contributed by atoms with van der Waals surface area (Å²) in [5, 5.41) is 0.413. The van der Waals surface area contributed by atoms with Crippen molar-refractivity contribution in [3.8, 4) is 11.5 Å². The topological polar surface area (TPSA) is 52.8 Å². The summed E-state index contributed by atoms with van der Waals surface area (Å²) in [6, 6.07) is 9.10. The van der Waals surface area contributed by atoms with Crippen LogP contribution in [0.3, 0.4) is 0 Å². The predicted molar refractivity (Wildman–Crippen MR) is 87.7 cm³/mol. The molecule has 0 amide bonds. The fraction of sp³-hybridized carbons (Fsp3) is 0.188. The SMILES string of the molecule is O=[S@](Cc1cn2ccccc2n1)c1cc2c(cc1Cl)OCCO2. The Morgan fingerprint density at radius 3 is 2.78 bits per heavy atom. The third kappa shape index (κ3) is 2.80. The Balaban J connectivity index is 1.63. The Morgan fingerprint density at radius 2 is 2.00 bits per heavy atom. The standard InChI is InChI=1S/C16H13ClN2O3S/c17-12-7-13-14(22-6-5-21-13)8-15(12)23(20)10-11-9-19-4-2-1-3-16(19)18-11/h1-4,7-9H,5-6,10H2/t23-/m1/s1. The van der Waals surface area contributed by atoms with E-state index < -0.39 is 10.8 Å². The number of pyridine rings is 1. The van der Waals surface area contributed by atoms with Gasteiger partial charge >= 0.3 is 0 Å². The van der Waals surface area contributed by atoms with E-state index >= 15 is 0 Å². The summed E-state index contributed by atoms with van der Waals surface area (Å²) in [5.74, 6) is 1.47. The molecule has 0 saturated carbocycles. The molecule has 1 aliphatic heterocycles. The first-order valence-electron chi connectivity index (χ1n) is 7.11. The van der Waals surface area contributed by atoms with Gasteiger partial charge in [0.1, 0.15) is 18.9 Å². The van der Waals surface area contributed by atoms with Gasteiger partial charge in [-0.05, 0) is 12.1 Å². The molecule has 118 valence electrons. The Hall–Kier alpha value is -2.05. The summed E-state index contributed by atoms with van der Waals surface area (Å²) in [6.07, 6.45) is 3.78. The van der Waals surface area contributed by atoms with Crippen LogP contribution >= 0.6 is 11.6 Å². The van der Waals surface area contributed by atoms with Crippen LogP contribution in [0.15, 0.2) is 47.6 Å². The van der Waals surface area contributed by atoms with Gasteiger partial charge in [-0.2, -0.15) is 0 Å². The van der Waals surface area contributed by atoms with Gasteiger partial charge in [-0.1, -0.05) is 17.7 Å². The van der Waals surface area contributed by atoms with Crippen molar-refractivity contribution in [1.82, 2.24) is 9.38 Å². The number of benzene rings is 1. The summed E-state index contributed by atoms with van der Waals surface area (Å²) in [6.45, 7) is 0.972. The van der Waals surface area contributed by atoms with E-state index in [1.807, 2.05) is 35.0 Å². The lowest BCUT2D eigenvalue weighted by molar-refractivity contribution is 0.171. The molecule has 0 N–H and O–H groups in total. The second kappa shape index (κ2) is 5.86. The minimum atomic E-state index is -1.31. The Bertz CT molecular complexity index is 876. The first kappa shape index (κ1) is 14.5. The molecule has 5 nitrogen and oxygen atoms in total. The Morgan fingerprint density at radius 1 is 1.22 bits per heavy atom. The number of imidazole rings is 1. The third-order valence-corrected chi connectivity index (χ3v) is 5.35. The zero-order valence-electron chi connectivity index (χ0n) is 12.1. The molecule has 3 aromatic rings. The largest absolute Gasteiger partial charge is 0.486 e. The minimum Gasteiger partial charge on any atom is -0.486 e. The molecular formula is C16H13ClN2O3S. The first-order valence-corrected chi connectivity index (χ1v) is 8.80. The van der Waals surface area contributed by atoms with Gasteiger partial charge in [0.25, 0.3) is 0 Å². The van der Waals surface area contributed by atoms with Gasteiger partial charge in [-0.3, -0.25) is 4.21 Å². The van der Waals surface area contributed by atoms with Crippen LogP contribution in [0.4, 0.5) is 0 Å². The van der Waals surface area contributed by atoms with Crippen molar-refractivity contribution in [2.45, 2.75) is 10.6 Å². The van der Waals surface area contributed by atoms with Crippen LogP contribution in [0.25, 0.3) is 5.65 Å². The predicted octanol–water partition coefficient (Wildman–Crippen LogP) is 3.07. The van der Waals surface area contributed by atoms with Crippen molar-refractivity contribution in [2.24, 2.45) is 0 Å². The Kier molecular flexibility index (Phi) is 3.71. The highest BCUT2D eigenvalue weighted by molar-refractivity contribution is 7.84. The zero-order valence-corrected chi connectivity index (χ0v) is 13.6. The number of ether oxygens (including phenoxy) is 2. The molecule has 3 heterocycles. The van der Waals surface area contributed by atoms with E-state index in [9.17, 15) is 4.21 Å². The molecule has 0 aliphatic carbocycles. The molecule has 1 aromatic carbocycles. The summed E-state index contributed by atoms with van der Waals surface area (Å²) in [5.41, 5.74) is 1.58. The molecule has 0 saturated heterocycles. The fourth-order valence-corrected chi connectivity index (χ4v) is 3.98. The highest BCUT2D eigenvalue weighted by atomic mass is 35.5. The van der Waals surface area contributed by atoms with Gasteiger partial charge in [-0.25, -0.2) is 4.98 Å². The molecule has 23 heavy (non-hydrogen) atoms. The number of hydrogen-bond acceptors (Lipinski definition) is 4. The maximum atomic E-state index is 12.7. The average Bonchev–Trinajstić information content (AvgIpc) is 2.96. The van der Waals surface area contributed by atoms with E-state index in [0.29, 0.717) is 40.4 Å². The maximum absolute atomic E-state index is 12.7.